The summed E-state index contributed by atoms with van der Waals surface area (Å²) >= 11 is 0. The van der Waals surface area contributed by atoms with Gasteiger partial charge in [0.1, 0.15) is 0 Å². The van der Waals surface area contributed by atoms with E-state index in [2.05, 4.69) is 137 Å². The lowest BCUT2D eigenvalue weighted by atomic mass is 9.94. The van der Waals surface area contributed by atoms with Crippen molar-refractivity contribution in [3.63, 3.8) is 0 Å². The number of hydrogen-bond donors (Lipinski definition) is 0. The van der Waals surface area contributed by atoms with E-state index < -0.39 is 11.7 Å². The van der Waals surface area contributed by atoms with E-state index in [1.165, 1.54) is 28.8 Å². The third-order valence-electron chi connectivity index (χ3n) is 12.9. The van der Waals surface area contributed by atoms with Gasteiger partial charge in [0.2, 0.25) is 0 Å². The number of benzene rings is 9. The van der Waals surface area contributed by atoms with Crippen LogP contribution < -0.4 is 0 Å². The largest absolute Gasteiger partial charge is 0.416 e. The second-order valence-electron chi connectivity index (χ2n) is 16.9. The van der Waals surface area contributed by atoms with Crippen LogP contribution in [0.15, 0.2) is 188 Å². The fraction of sp³-hybridized carbons (Fsp3) is 0.0678. The van der Waals surface area contributed by atoms with E-state index in [-0.39, 0.29) is 0 Å². The molecular formula is C59H40F3N3. The monoisotopic (exact) mass is 847 g/mol. The summed E-state index contributed by atoms with van der Waals surface area (Å²) < 4.78 is 47.6. The molecule has 11 aromatic rings. The van der Waals surface area contributed by atoms with Gasteiger partial charge >= 0.3 is 6.18 Å². The number of rotatable bonds is 6. The van der Waals surface area contributed by atoms with Gasteiger partial charge in [0.15, 0.2) is 5.69 Å². The van der Waals surface area contributed by atoms with Crippen molar-refractivity contribution >= 4 is 49.3 Å². The maximum Gasteiger partial charge on any atom is 0.416 e. The number of nitrogens with zero attached hydrogens (tertiary/aromatic N) is 3. The van der Waals surface area contributed by atoms with Crippen molar-refractivity contribution in [1.29, 1.82) is 0 Å². The number of fused-ring (bicyclic) bond motifs is 6. The molecule has 65 heavy (non-hydrogen) atoms. The van der Waals surface area contributed by atoms with Gasteiger partial charge in [0.25, 0.3) is 0 Å². The van der Waals surface area contributed by atoms with Gasteiger partial charge in [-0.1, -0.05) is 121 Å². The number of hydrogen-bond acceptors (Lipinski definition) is 0. The first kappa shape index (κ1) is 39.7. The molecule has 0 amide bonds. The van der Waals surface area contributed by atoms with E-state index in [0.717, 1.165) is 82.8 Å². The molecule has 0 aliphatic carbocycles. The summed E-state index contributed by atoms with van der Waals surface area (Å²) in [7, 11) is 0. The van der Waals surface area contributed by atoms with E-state index in [0.29, 0.717) is 22.4 Å². The minimum absolute atomic E-state index is 0.467. The zero-order valence-electron chi connectivity index (χ0n) is 35.9. The van der Waals surface area contributed by atoms with Crippen LogP contribution in [0.3, 0.4) is 0 Å². The normalized spacial score (nSPS) is 11.8. The Balaban J connectivity index is 1.22. The molecule has 0 N–H and O–H groups in total. The van der Waals surface area contributed by atoms with Crippen LogP contribution >= 0.6 is 0 Å². The first-order chi connectivity index (χ1) is 31.6. The molecule has 0 radical (unpaired) electrons. The lowest BCUT2D eigenvalue weighted by molar-refractivity contribution is -0.137. The van der Waals surface area contributed by atoms with Gasteiger partial charge < -0.3 is 9.13 Å². The van der Waals surface area contributed by atoms with Gasteiger partial charge in [-0.2, -0.15) is 13.2 Å². The van der Waals surface area contributed by atoms with Crippen LogP contribution in [0.4, 0.5) is 18.9 Å². The predicted molar refractivity (Wildman–Crippen MR) is 262 cm³/mol. The third-order valence-corrected chi connectivity index (χ3v) is 12.9. The molecular weight excluding hydrogens is 808 g/mol. The number of alkyl halides is 3. The Bertz CT molecular complexity index is 3760. The van der Waals surface area contributed by atoms with Crippen molar-refractivity contribution < 1.29 is 13.2 Å². The summed E-state index contributed by atoms with van der Waals surface area (Å²) in [4.78, 5) is 3.93. The highest BCUT2D eigenvalue weighted by molar-refractivity contribution is 6.13. The molecule has 0 aliphatic rings. The highest BCUT2D eigenvalue weighted by atomic mass is 19.4. The molecule has 3 nitrogen and oxygen atoms in total. The fourth-order valence-corrected chi connectivity index (χ4v) is 9.84. The van der Waals surface area contributed by atoms with E-state index in [1.807, 2.05) is 66.7 Å². The molecule has 0 unspecified atom stereocenters. The first-order valence-electron chi connectivity index (χ1n) is 21.6. The molecule has 0 saturated carbocycles. The van der Waals surface area contributed by atoms with Crippen molar-refractivity contribution in [2.45, 2.75) is 26.9 Å². The SMILES string of the molecule is [C-]#[N+]c1ccc(-n2c3ccccc3c3cc(-c4ccccc4C)ccc32)c(-c2ccc(-c3cc(C)cc(C(F)(F)F)c3)cc2-n2c3ccccc3c3cc(-c4ccccc4C)ccc32)c1. The van der Waals surface area contributed by atoms with Gasteiger partial charge in [-0.05, 0) is 143 Å². The summed E-state index contributed by atoms with van der Waals surface area (Å²) in [6.07, 6.45) is -4.51. The average molecular weight is 848 g/mol. The zero-order valence-corrected chi connectivity index (χ0v) is 35.9. The van der Waals surface area contributed by atoms with E-state index in [4.69, 9.17) is 6.57 Å². The molecule has 0 saturated heterocycles. The third kappa shape index (κ3) is 6.67. The van der Waals surface area contributed by atoms with Crippen molar-refractivity contribution in [3.05, 3.63) is 222 Å². The van der Waals surface area contributed by atoms with Crippen LogP contribution in [0.1, 0.15) is 22.3 Å². The van der Waals surface area contributed by atoms with Gasteiger partial charge in [0, 0.05) is 27.1 Å². The lowest BCUT2D eigenvalue weighted by Crippen LogP contribution is -2.05. The fourth-order valence-electron chi connectivity index (χ4n) is 9.84. The van der Waals surface area contributed by atoms with E-state index in [9.17, 15) is 13.2 Å². The van der Waals surface area contributed by atoms with Crippen molar-refractivity contribution in [2.24, 2.45) is 0 Å². The summed E-state index contributed by atoms with van der Waals surface area (Å²) in [5.41, 5.74) is 15.5. The summed E-state index contributed by atoms with van der Waals surface area (Å²) in [5, 5.41) is 4.30. The van der Waals surface area contributed by atoms with E-state index >= 15 is 0 Å². The minimum Gasteiger partial charge on any atom is -0.309 e. The van der Waals surface area contributed by atoms with Crippen molar-refractivity contribution in [1.82, 2.24) is 9.13 Å². The second kappa shape index (κ2) is 15.3. The molecule has 2 aromatic heterocycles. The Kier molecular flexibility index (Phi) is 9.34. The average Bonchev–Trinajstić information content (AvgIpc) is 3.83. The van der Waals surface area contributed by atoms with Crippen LogP contribution in [-0.4, -0.2) is 9.13 Å². The van der Waals surface area contributed by atoms with Crippen molar-refractivity contribution in [2.75, 3.05) is 0 Å². The van der Waals surface area contributed by atoms with Crippen LogP contribution in [0.25, 0.3) is 104 Å². The van der Waals surface area contributed by atoms with Gasteiger partial charge in [-0.25, -0.2) is 4.85 Å². The number of aryl methyl sites for hydroxylation is 3. The Hall–Kier alpha value is -8.14. The maximum atomic E-state index is 14.3. The first-order valence-corrected chi connectivity index (χ1v) is 21.6. The molecule has 0 bridgehead atoms. The molecule has 0 spiro atoms. The van der Waals surface area contributed by atoms with Crippen LogP contribution in [0.5, 0.6) is 0 Å². The zero-order chi connectivity index (χ0) is 44.6. The van der Waals surface area contributed by atoms with Crippen molar-refractivity contribution in [3.8, 4) is 55.9 Å². The highest BCUT2D eigenvalue weighted by Gasteiger charge is 2.31. The molecule has 0 fully saturated rings. The minimum atomic E-state index is -4.51. The summed E-state index contributed by atoms with van der Waals surface area (Å²) in [6, 6.07) is 62.6. The smallest absolute Gasteiger partial charge is 0.309 e. The molecule has 0 atom stereocenters. The molecule has 2 heterocycles. The summed E-state index contributed by atoms with van der Waals surface area (Å²) in [5.74, 6) is 0. The molecule has 6 heteroatoms. The lowest BCUT2D eigenvalue weighted by Gasteiger charge is -2.20. The number of para-hydroxylation sites is 2. The Morgan fingerprint density at radius 1 is 0.400 bits per heavy atom. The Morgan fingerprint density at radius 3 is 1.49 bits per heavy atom. The predicted octanol–water partition coefficient (Wildman–Crippen LogP) is 17.0. The maximum absolute atomic E-state index is 14.3. The van der Waals surface area contributed by atoms with E-state index in [1.54, 1.807) is 6.92 Å². The molecule has 312 valence electrons. The second-order valence-corrected chi connectivity index (χ2v) is 16.9. The molecule has 0 aliphatic heterocycles. The number of aromatic nitrogens is 2. The standard InChI is InChI=1S/C59H40F3N3/c1-36-29-42(31-43(30-36)59(60,61)62)39-21-25-49(58(34-39)65-54-20-12-10-18-48(54)51-33-41(23-27-56(51)65)46-16-8-6-14-38(46)3)52-35-44(63-4)24-28-57(52)64-53-19-11-9-17-47(53)50-32-40(22-26-55(50)64)45-15-7-5-13-37(45)2/h5-35H,1-3H3. The van der Waals surface area contributed by atoms with Gasteiger partial charge in [0.05, 0.1) is 45.6 Å². The van der Waals surface area contributed by atoms with Gasteiger partial charge in [-0.15, -0.1) is 0 Å². The molecule has 11 rings (SSSR count). The van der Waals surface area contributed by atoms with Gasteiger partial charge in [-0.3, -0.25) is 0 Å². The van der Waals surface area contributed by atoms with Crippen LogP contribution in [-0.2, 0) is 6.18 Å². The highest BCUT2D eigenvalue weighted by Crippen LogP contribution is 2.45. The number of halogens is 3. The quantitative estimate of drug-likeness (QED) is 0.148. The molecule has 9 aromatic carbocycles. The van der Waals surface area contributed by atoms with Crippen LogP contribution in [0.2, 0.25) is 0 Å². The topological polar surface area (TPSA) is 14.2 Å². The summed E-state index contributed by atoms with van der Waals surface area (Å²) in [6.45, 7) is 14.2. The Morgan fingerprint density at radius 2 is 0.923 bits per heavy atom. The Labute approximate surface area is 374 Å². The van der Waals surface area contributed by atoms with Crippen LogP contribution in [0, 0.1) is 27.3 Å².